The zero-order valence-electron chi connectivity index (χ0n) is 11.4. The van der Waals surface area contributed by atoms with E-state index in [1.807, 2.05) is 0 Å². The summed E-state index contributed by atoms with van der Waals surface area (Å²) in [6.45, 7) is 5.59. The molecule has 0 spiro atoms. The molecule has 2 aromatic rings. The van der Waals surface area contributed by atoms with Crippen LogP contribution >= 0.6 is 0 Å². The number of rotatable bonds is 6. The second-order valence-electron chi connectivity index (χ2n) is 4.88. The molecule has 0 aliphatic carbocycles. The molecule has 0 aliphatic rings. The highest BCUT2D eigenvalue weighted by Gasteiger charge is 2.08. The van der Waals surface area contributed by atoms with E-state index in [1.54, 1.807) is 0 Å². The van der Waals surface area contributed by atoms with E-state index in [2.05, 4.69) is 42.8 Å². The third kappa shape index (κ3) is 2.59. The fourth-order valence-electron chi connectivity index (χ4n) is 2.53. The summed E-state index contributed by atoms with van der Waals surface area (Å²) < 4.78 is 2.29. The van der Waals surface area contributed by atoms with E-state index in [9.17, 15) is 0 Å². The lowest BCUT2D eigenvalue weighted by Gasteiger charge is -2.04. The van der Waals surface area contributed by atoms with E-state index >= 15 is 0 Å². The van der Waals surface area contributed by atoms with Gasteiger partial charge in [-0.3, -0.25) is 0 Å². The highest BCUT2D eigenvalue weighted by atomic mass is 16.3. The van der Waals surface area contributed by atoms with Crippen LogP contribution in [0.4, 0.5) is 0 Å². The Morgan fingerprint density at radius 3 is 2.72 bits per heavy atom. The van der Waals surface area contributed by atoms with Gasteiger partial charge >= 0.3 is 0 Å². The van der Waals surface area contributed by atoms with Crippen molar-refractivity contribution in [2.75, 3.05) is 6.61 Å². The number of aromatic nitrogens is 1. The van der Waals surface area contributed by atoms with E-state index in [0.29, 0.717) is 0 Å². The summed E-state index contributed by atoms with van der Waals surface area (Å²) in [4.78, 5) is 0. The molecule has 0 radical (unpaired) electrons. The molecular weight excluding hydrogens is 222 g/mol. The summed E-state index contributed by atoms with van der Waals surface area (Å²) in [7, 11) is 0. The normalized spacial score (nSPS) is 11.3. The number of benzene rings is 1. The smallest absolute Gasteiger partial charge is 0.0483 e. The lowest BCUT2D eigenvalue weighted by Crippen LogP contribution is -1.98. The molecule has 0 atom stereocenters. The minimum atomic E-state index is 0.260. The lowest BCUT2D eigenvalue weighted by molar-refractivity contribution is 0.280. The van der Waals surface area contributed by atoms with Crippen molar-refractivity contribution in [2.45, 2.75) is 46.1 Å². The number of aliphatic hydroxyl groups excluding tert-OH is 1. The summed E-state index contributed by atoms with van der Waals surface area (Å²) in [6, 6.07) is 6.77. The Balaban J connectivity index is 2.45. The molecule has 1 aromatic carbocycles. The molecule has 0 bridgehead atoms. The molecule has 0 fully saturated rings. The average Bonchev–Trinajstić information content (AvgIpc) is 2.74. The zero-order chi connectivity index (χ0) is 13.0. The van der Waals surface area contributed by atoms with Gasteiger partial charge in [0, 0.05) is 30.3 Å². The van der Waals surface area contributed by atoms with Crippen LogP contribution in [0.25, 0.3) is 10.9 Å². The molecule has 1 aromatic heterocycles. The minimum absolute atomic E-state index is 0.260. The highest BCUT2D eigenvalue weighted by Crippen LogP contribution is 2.24. The second kappa shape index (κ2) is 6.05. The van der Waals surface area contributed by atoms with Crippen molar-refractivity contribution >= 4 is 10.9 Å². The van der Waals surface area contributed by atoms with Crippen LogP contribution in [0.5, 0.6) is 0 Å². The Bertz CT molecular complexity index is 513. The van der Waals surface area contributed by atoms with Crippen LogP contribution in [0.1, 0.15) is 37.8 Å². The van der Waals surface area contributed by atoms with Crippen molar-refractivity contribution in [1.82, 2.24) is 4.57 Å². The van der Waals surface area contributed by atoms with Gasteiger partial charge in [0.2, 0.25) is 0 Å². The molecule has 2 heteroatoms. The first kappa shape index (κ1) is 13.2. The SMILES string of the molecule is CCCc1cn(CCCO)c2ccc(CC)cc12. The first-order valence-corrected chi connectivity index (χ1v) is 7.01. The van der Waals surface area contributed by atoms with Gasteiger partial charge in [0.05, 0.1) is 0 Å². The Morgan fingerprint density at radius 1 is 1.22 bits per heavy atom. The molecule has 2 nitrogen and oxygen atoms in total. The van der Waals surface area contributed by atoms with Gasteiger partial charge in [0.25, 0.3) is 0 Å². The molecule has 2 rings (SSSR count). The Morgan fingerprint density at radius 2 is 2.06 bits per heavy atom. The van der Waals surface area contributed by atoms with Crippen molar-refractivity contribution in [3.63, 3.8) is 0 Å². The standard InChI is InChI=1S/C16H23NO/c1-3-6-14-12-17(9-5-10-18)16-8-7-13(4-2)11-15(14)16/h7-8,11-12,18H,3-6,9-10H2,1-2H3. The summed E-state index contributed by atoms with van der Waals surface area (Å²) in [6.07, 6.45) is 6.49. The van der Waals surface area contributed by atoms with Crippen LogP contribution in [-0.4, -0.2) is 16.3 Å². The quantitative estimate of drug-likeness (QED) is 0.827. The summed E-state index contributed by atoms with van der Waals surface area (Å²) >= 11 is 0. The molecule has 0 saturated heterocycles. The van der Waals surface area contributed by atoms with Crippen LogP contribution in [-0.2, 0) is 19.4 Å². The predicted octanol–water partition coefficient (Wildman–Crippen LogP) is 3.54. The Hall–Kier alpha value is -1.28. The molecule has 1 N–H and O–H groups in total. The van der Waals surface area contributed by atoms with E-state index in [4.69, 9.17) is 5.11 Å². The maximum absolute atomic E-state index is 8.98. The topological polar surface area (TPSA) is 25.2 Å². The van der Waals surface area contributed by atoms with Gasteiger partial charge in [-0.25, -0.2) is 0 Å². The summed E-state index contributed by atoms with van der Waals surface area (Å²) in [5.41, 5.74) is 4.16. The molecule has 0 amide bonds. The molecule has 98 valence electrons. The third-order valence-corrected chi connectivity index (χ3v) is 3.51. The molecule has 18 heavy (non-hydrogen) atoms. The van der Waals surface area contributed by atoms with E-state index < -0.39 is 0 Å². The van der Waals surface area contributed by atoms with Gasteiger partial charge in [-0.15, -0.1) is 0 Å². The number of aliphatic hydroxyl groups is 1. The van der Waals surface area contributed by atoms with Crippen LogP contribution in [0.3, 0.4) is 0 Å². The maximum Gasteiger partial charge on any atom is 0.0483 e. The lowest BCUT2D eigenvalue weighted by atomic mass is 10.1. The molecular formula is C16H23NO. The molecule has 0 aliphatic heterocycles. The number of hydrogen-bond acceptors (Lipinski definition) is 1. The van der Waals surface area contributed by atoms with Gasteiger partial charge in [-0.05, 0) is 42.5 Å². The Labute approximate surface area is 109 Å². The van der Waals surface area contributed by atoms with Gasteiger partial charge in [-0.1, -0.05) is 26.3 Å². The molecule has 1 heterocycles. The highest BCUT2D eigenvalue weighted by molar-refractivity contribution is 5.84. The fraction of sp³-hybridized carbons (Fsp3) is 0.500. The monoisotopic (exact) mass is 245 g/mol. The van der Waals surface area contributed by atoms with Gasteiger partial charge < -0.3 is 9.67 Å². The first-order valence-electron chi connectivity index (χ1n) is 7.01. The maximum atomic E-state index is 8.98. The third-order valence-electron chi connectivity index (χ3n) is 3.51. The number of fused-ring (bicyclic) bond motifs is 1. The molecule has 0 unspecified atom stereocenters. The average molecular weight is 245 g/mol. The predicted molar refractivity (Wildman–Crippen MR) is 77.0 cm³/mol. The van der Waals surface area contributed by atoms with Gasteiger partial charge in [-0.2, -0.15) is 0 Å². The van der Waals surface area contributed by atoms with Crippen LogP contribution in [0.2, 0.25) is 0 Å². The number of aryl methyl sites for hydroxylation is 3. The van der Waals surface area contributed by atoms with Crippen molar-refractivity contribution in [3.05, 3.63) is 35.5 Å². The van der Waals surface area contributed by atoms with E-state index in [1.165, 1.54) is 28.5 Å². The van der Waals surface area contributed by atoms with Crippen LogP contribution in [0, 0.1) is 0 Å². The van der Waals surface area contributed by atoms with E-state index in [0.717, 1.165) is 25.8 Å². The Kier molecular flexibility index (Phi) is 4.43. The molecule has 0 saturated carbocycles. The van der Waals surface area contributed by atoms with Gasteiger partial charge in [0.15, 0.2) is 0 Å². The fourth-order valence-corrected chi connectivity index (χ4v) is 2.53. The minimum Gasteiger partial charge on any atom is -0.396 e. The number of nitrogens with zero attached hydrogens (tertiary/aromatic N) is 1. The van der Waals surface area contributed by atoms with E-state index in [-0.39, 0.29) is 6.61 Å². The number of hydrogen-bond donors (Lipinski definition) is 1. The van der Waals surface area contributed by atoms with Crippen molar-refractivity contribution in [1.29, 1.82) is 0 Å². The summed E-state index contributed by atoms with van der Waals surface area (Å²) in [5.74, 6) is 0. The largest absolute Gasteiger partial charge is 0.396 e. The van der Waals surface area contributed by atoms with Crippen molar-refractivity contribution < 1.29 is 5.11 Å². The van der Waals surface area contributed by atoms with Gasteiger partial charge in [0.1, 0.15) is 0 Å². The van der Waals surface area contributed by atoms with Crippen LogP contribution < -0.4 is 0 Å². The van der Waals surface area contributed by atoms with Crippen molar-refractivity contribution in [3.8, 4) is 0 Å². The first-order chi connectivity index (χ1) is 8.80. The summed E-state index contributed by atoms with van der Waals surface area (Å²) in [5, 5.41) is 10.4. The zero-order valence-corrected chi connectivity index (χ0v) is 11.4. The van der Waals surface area contributed by atoms with Crippen molar-refractivity contribution in [2.24, 2.45) is 0 Å². The second-order valence-corrected chi connectivity index (χ2v) is 4.88. The van der Waals surface area contributed by atoms with Crippen LogP contribution in [0.15, 0.2) is 24.4 Å².